The van der Waals surface area contributed by atoms with E-state index in [1.54, 1.807) is 244 Å². The molecule has 4 saturated heterocycles. The molecule has 12 aromatic rings. The number of ether oxygens (including phenoxy) is 5. The summed E-state index contributed by atoms with van der Waals surface area (Å²) >= 11 is 6.19. The monoisotopic (exact) mass is 1720 g/mol. The van der Waals surface area contributed by atoms with Gasteiger partial charge in [0.05, 0.1) is 52.6 Å². The van der Waals surface area contributed by atoms with Crippen molar-refractivity contribution in [2.75, 3.05) is 52.9 Å². The number of methoxy groups -OCH3 is 1. The molecule has 0 unspecified atom stereocenters. The first-order valence-corrected chi connectivity index (χ1v) is 39.9. The topological polar surface area (TPSA) is 423 Å². The van der Waals surface area contributed by atoms with Gasteiger partial charge in [0.25, 0.3) is 0 Å². The van der Waals surface area contributed by atoms with Crippen LogP contribution in [0, 0.1) is 69.0 Å². The average Bonchev–Trinajstić information content (AvgIpc) is 1.61. The predicted octanol–water partition coefficient (Wildman–Crippen LogP) is 17.1. The second-order valence-corrected chi connectivity index (χ2v) is 30.0. The van der Waals surface area contributed by atoms with Crippen LogP contribution in [0.1, 0.15) is 141 Å². The molecule has 27 nitrogen and oxygen atoms in total. The number of nitrogens with zero attached hydrogens (tertiary/aromatic N) is 10. The molecule has 12 aromatic carbocycles. The molecule has 8 N–H and O–H groups in total. The van der Waals surface area contributed by atoms with E-state index in [1.807, 2.05) is 18.2 Å². The lowest BCUT2D eigenvalue weighted by Gasteiger charge is -2.18. The lowest BCUT2D eigenvalue weighted by atomic mass is 9.96. The third-order valence-corrected chi connectivity index (χ3v) is 21.8. The number of hydrogen-bond acceptors (Lipinski definition) is 18. The number of carbonyl (C=O) groups excluding carboxylic acids is 8. The van der Waals surface area contributed by atoms with E-state index in [0.717, 1.165) is 22.3 Å². The Morgan fingerprint density at radius 1 is 0.367 bits per heavy atom. The van der Waals surface area contributed by atoms with Crippen molar-refractivity contribution >= 4 is 87.3 Å². The van der Waals surface area contributed by atoms with Gasteiger partial charge in [-0.25, -0.2) is 9.24 Å². The van der Waals surface area contributed by atoms with Gasteiger partial charge in [-0.05, 0) is 192 Å². The molecule has 0 aliphatic carbocycles. The van der Waals surface area contributed by atoms with Crippen molar-refractivity contribution < 1.29 is 66.4 Å². The number of para-hydroxylation sites is 3. The number of halogens is 2. The van der Waals surface area contributed by atoms with Crippen molar-refractivity contribution in [2.24, 2.45) is 22.9 Å². The highest BCUT2D eigenvalue weighted by atomic mass is 35.5. The zero-order valence-corrected chi connectivity index (χ0v) is 68.9. The zero-order chi connectivity index (χ0) is 90.8. The zero-order valence-electron chi connectivity index (χ0n) is 68.1. The van der Waals surface area contributed by atoms with E-state index < -0.39 is 29.4 Å². The standard InChI is InChI=1S/C25H20FN3O4.2C25H18N4O3.C24H18ClN3O3/c1-32-23-12-19(26)7-8-21(23)33-22-10-15(5-6-17(22)13-27)18-11-24(30)29(14-18)20-4-2-3-16(9-20)25(28)31;1-28-21-7-2-3-8-22(21)32-23-12-16(9-10-18(23)14-26)19-13-24(30)29(15-19)20-6-4-5-17(11-20)25(27)31;26-13-16-3-1-6-22(9-16)32-23-11-17(7-8-19(23)14-27)20-12-24(30)29(15-20)21-5-2-4-18(10-21)25(28)31;25-20-6-1-2-7-21(20)31-22-11-15(8-9-17(22)13-26)18-12-23(29)28(14-18)19-5-3-4-16(10-19)24(27)30/h2-10,12,18H,11,14H2,1H3,(H2,28,31);2-12,19H,13,15H2,(H2,27,31);1-11,20H,12,15H2,(H2,28,31);1-11,18H,12,14H2,(H2,27,30)/t18-;19-;20-;18-/m0000/s1. The molecule has 0 aromatic heterocycles. The van der Waals surface area contributed by atoms with Gasteiger partial charge >= 0.3 is 0 Å². The van der Waals surface area contributed by atoms with Crippen LogP contribution in [-0.4, -0.2) is 80.5 Å². The molecule has 0 radical (unpaired) electrons. The minimum atomic E-state index is -0.565. The summed E-state index contributed by atoms with van der Waals surface area (Å²) in [7, 11) is 1.40. The van der Waals surface area contributed by atoms with Gasteiger partial charge in [-0.3, -0.25) is 38.4 Å². The molecule has 128 heavy (non-hydrogen) atoms. The highest BCUT2D eigenvalue weighted by Crippen LogP contribution is 2.44. The van der Waals surface area contributed by atoms with E-state index in [0.29, 0.717) is 151 Å². The van der Waals surface area contributed by atoms with E-state index in [2.05, 4.69) is 35.2 Å². The number of primary amides is 4. The minimum absolute atomic E-state index is 0.0513. The van der Waals surface area contributed by atoms with Crippen LogP contribution in [0.5, 0.6) is 51.7 Å². The van der Waals surface area contributed by atoms with E-state index in [4.69, 9.17) is 70.1 Å². The van der Waals surface area contributed by atoms with Crippen LogP contribution in [0.4, 0.5) is 32.8 Å². The lowest BCUT2D eigenvalue weighted by Crippen LogP contribution is -2.24. The fourth-order valence-corrected chi connectivity index (χ4v) is 15.1. The number of nitrogens with two attached hydrogens (primary N) is 4. The quantitative estimate of drug-likeness (QED) is 0.0485. The largest absolute Gasteiger partial charge is 0.493 e. The van der Waals surface area contributed by atoms with Crippen molar-refractivity contribution in [3.8, 4) is 82.1 Å². The van der Waals surface area contributed by atoms with E-state index >= 15 is 0 Å². The van der Waals surface area contributed by atoms with Gasteiger partial charge in [-0.2, -0.15) is 26.3 Å². The molecule has 0 saturated carbocycles. The van der Waals surface area contributed by atoms with Crippen molar-refractivity contribution in [1.82, 2.24) is 0 Å². The molecule has 4 atom stereocenters. The molecule has 0 bridgehead atoms. The Balaban J connectivity index is 0.000000146. The molecule has 0 spiro atoms. The Morgan fingerprint density at radius 3 is 1.05 bits per heavy atom. The lowest BCUT2D eigenvalue weighted by molar-refractivity contribution is -0.118. The summed E-state index contributed by atoms with van der Waals surface area (Å²) in [5, 5.41) is 47.5. The van der Waals surface area contributed by atoms with Crippen LogP contribution in [0.3, 0.4) is 0 Å². The van der Waals surface area contributed by atoms with Crippen LogP contribution >= 0.6 is 11.6 Å². The van der Waals surface area contributed by atoms with Crippen molar-refractivity contribution in [1.29, 1.82) is 26.3 Å². The number of nitriles is 5. The fraction of sp³-hybridized carbons (Fsp3) is 0.131. The average molecular weight is 1720 g/mol. The van der Waals surface area contributed by atoms with Gasteiger partial charge in [0.2, 0.25) is 52.9 Å². The van der Waals surface area contributed by atoms with Gasteiger partial charge in [0, 0.05) is 127 Å². The third-order valence-electron chi connectivity index (χ3n) is 21.5. The highest BCUT2D eigenvalue weighted by Gasteiger charge is 2.37. The Hall–Kier alpha value is -17.4. The summed E-state index contributed by atoms with van der Waals surface area (Å²) in [6.45, 7) is 8.99. The van der Waals surface area contributed by atoms with Crippen molar-refractivity contribution in [3.63, 3.8) is 0 Å². The predicted molar refractivity (Wildman–Crippen MR) is 472 cm³/mol. The second-order valence-electron chi connectivity index (χ2n) is 29.6. The Labute approximate surface area is 738 Å². The maximum atomic E-state index is 13.5. The SMILES string of the molecule is COc1cc(F)ccc1Oc1cc([C@H]2CC(=O)N(c3cccc(C(N)=O)c3)C2)ccc1C#N.N#Cc1ccc([C@H]2CC(=O)N(c3cccc(C(N)=O)c3)C2)cc1Oc1ccccc1Cl.N#Cc1cccc(Oc2cc([C@H]3CC(=O)N(c4cccc(C(N)=O)c4)C3)ccc2C#N)c1.[C-]#[N+]c1ccccc1Oc1cc([C@H]2CC(=O)N(c3cccc(C(N)=O)c3)C2)ccc1C#N. The Morgan fingerprint density at radius 2 is 0.703 bits per heavy atom. The summed E-state index contributed by atoms with van der Waals surface area (Å²) in [6, 6.07) is 82.4. The van der Waals surface area contributed by atoms with Crippen LogP contribution in [0.25, 0.3) is 4.85 Å². The van der Waals surface area contributed by atoms with Crippen LogP contribution in [-0.2, 0) is 19.2 Å². The molecule has 8 amide bonds. The van der Waals surface area contributed by atoms with E-state index in [1.165, 1.54) is 25.3 Å². The first-order chi connectivity index (χ1) is 61.8. The molecule has 29 heteroatoms. The van der Waals surface area contributed by atoms with Crippen molar-refractivity contribution in [3.05, 3.63) is 355 Å². The Kier molecular flexibility index (Phi) is 27.6. The number of rotatable bonds is 21. The van der Waals surface area contributed by atoms with Crippen LogP contribution in [0.2, 0.25) is 5.02 Å². The van der Waals surface area contributed by atoms with Crippen LogP contribution < -0.4 is 66.2 Å². The fourth-order valence-electron chi connectivity index (χ4n) is 14.9. The minimum Gasteiger partial charge on any atom is -0.493 e. The van der Waals surface area contributed by atoms with Crippen molar-refractivity contribution in [2.45, 2.75) is 49.4 Å². The molecule has 4 fully saturated rings. The highest BCUT2D eigenvalue weighted by molar-refractivity contribution is 6.32. The number of benzene rings is 12. The number of hydrogen-bond donors (Lipinski definition) is 4. The summed E-state index contributed by atoms with van der Waals surface area (Å²) < 4.78 is 42.3. The molecule has 632 valence electrons. The summed E-state index contributed by atoms with van der Waals surface area (Å²) in [6.07, 6.45) is 1.13. The molecule has 4 heterocycles. The molecular weight excluding hydrogens is 1650 g/mol. The summed E-state index contributed by atoms with van der Waals surface area (Å²) in [5.74, 6) is -0.349. The van der Waals surface area contributed by atoms with E-state index in [-0.39, 0.29) is 83.8 Å². The maximum absolute atomic E-state index is 13.5. The molecule has 16 rings (SSSR count). The first-order valence-electron chi connectivity index (χ1n) is 39.6. The molecule has 4 aliphatic rings. The normalized spacial score (nSPS) is 15.3. The summed E-state index contributed by atoms with van der Waals surface area (Å²) in [5.41, 5.74) is 30.8. The van der Waals surface area contributed by atoms with E-state index in [9.17, 15) is 63.8 Å². The van der Waals surface area contributed by atoms with Crippen LogP contribution in [0.15, 0.2) is 261 Å². The number of anilines is 4. The Bertz CT molecular complexity index is 6700. The molecular formula is C99H74ClFN14O13. The van der Waals surface area contributed by atoms with Gasteiger partial charge in [-0.15, -0.1) is 0 Å². The third kappa shape index (κ3) is 20.8. The maximum Gasteiger partial charge on any atom is 0.248 e. The number of carbonyl (C=O) groups is 8. The van der Waals surface area contributed by atoms with Gasteiger partial charge in [0.1, 0.15) is 70.3 Å². The summed E-state index contributed by atoms with van der Waals surface area (Å²) in [4.78, 5) is 107. The second kappa shape index (κ2) is 40.0. The van der Waals surface area contributed by atoms with Gasteiger partial charge < -0.3 is 66.2 Å². The molecule has 4 aliphatic heterocycles. The smallest absolute Gasteiger partial charge is 0.248 e. The van der Waals surface area contributed by atoms with Gasteiger partial charge in [0.15, 0.2) is 11.5 Å². The van der Waals surface area contributed by atoms with Gasteiger partial charge in [-0.1, -0.05) is 96.5 Å². The first kappa shape index (κ1) is 88.3. The number of amides is 8.